The second-order valence-electron chi connectivity index (χ2n) is 9.58. The molecule has 0 spiro atoms. The first-order chi connectivity index (χ1) is 17.2. The van der Waals surface area contributed by atoms with Gasteiger partial charge in [0, 0.05) is 18.6 Å². The molecule has 0 aromatic heterocycles. The molecule has 3 rings (SSSR count). The largest absolute Gasteiger partial charge is 0.379 e. The molecule has 2 amide bonds. The van der Waals surface area contributed by atoms with Crippen molar-refractivity contribution in [3.05, 3.63) is 54.1 Å². The van der Waals surface area contributed by atoms with E-state index in [1.807, 2.05) is 20.8 Å². The van der Waals surface area contributed by atoms with Crippen LogP contribution < -0.4 is 14.9 Å². The molecule has 2 N–H and O–H groups in total. The number of nitrogens with zero attached hydrogens (tertiary/aromatic N) is 2. The van der Waals surface area contributed by atoms with Crippen molar-refractivity contribution >= 4 is 43.2 Å². The van der Waals surface area contributed by atoms with Gasteiger partial charge in [-0.15, -0.1) is 0 Å². The number of sulfonamides is 2. The molecule has 0 aliphatic carbocycles. The third-order valence-electron chi connectivity index (χ3n) is 5.35. The molecule has 1 aliphatic rings. The predicted molar refractivity (Wildman–Crippen MR) is 141 cm³/mol. The molecular formula is C24H32N4O7S2. The van der Waals surface area contributed by atoms with Crippen LogP contribution in [0.5, 0.6) is 0 Å². The maximum Gasteiger partial charge on any atom is 0.253 e. The molecule has 2 aromatic rings. The molecular weight excluding hydrogens is 520 g/mol. The minimum atomic E-state index is -3.91. The van der Waals surface area contributed by atoms with E-state index in [1.54, 1.807) is 24.3 Å². The van der Waals surface area contributed by atoms with E-state index in [-0.39, 0.29) is 40.8 Å². The van der Waals surface area contributed by atoms with Crippen molar-refractivity contribution in [2.24, 2.45) is 0 Å². The van der Waals surface area contributed by atoms with Crippen molar-refractivity contribution in [3.8, 4) is 0 Å². The Balaban J connectivity index is 1.80. The van der Waals surface area contributed by atoms with Crippen LogP contribution in [-0.4, -0.2) is 77.6 Å². The van der Waals surface area contributed by atoms with Crippen LogP contribution in [0.3, 0.4) is 0 Å². The number of carbonyl (C=O) groups excluding carboxylic acids is 2. The van der Waals surface area contributed by atoms with Gasteiger partial charge in [0.1, 0.15) is 6.54 Å². The molecule has 0 bridgehead atoms. The normalized spacial score (nSPS) is 15.1. The lowest BCUT2D eigenvalue weighted by Crippen LogP contribution is -2.41. The Labute approximate surface area is 217 Å². The molecule has 202 valence electrons. The Hall–Kier alpha value is -3.00. The van der Waals surface area contributed by atoms with E-state index in [4.69, 9.17) is 4.74 Å². The fourth-order valence-electron chi connectivity index (χ4n) is 3.64. The van der Waals surface area contributed by atoms with Gasteiger partial charge in [-0.3, -0.25) is 13.9 Å². The lowest BCUT2D eigenvalue weighted by Gasteiger charge is -2.26. The highest BCUT2D eigenvalue weighted by molar-refractivity contribution is 7.92. The Morgan fingerprint density at radius 3 is 2.14 bits per heavy atom. The van der Waals surface area contributed by atoms with Gasteiger partial charge in [-0.1, -0.05) is 12.1 Å². The summed E-state index contributed by atoms with van der Waals surface area (Å²) in [5, 5.41) is 5.43. The lowest BCUT2D eigenvalue weighted by molar-refractivity contribution is -0.114. The van der Waals surface area contributed by atoms with Crippen molar-refractivity contribution in [2.45, 2.75) is 31.2 Å². The zero-order valence-electron chi connectivity index (χ0n) is 21.2. The number of anilines is 2. The highest BCUT2D eigenvalue weighted by Crippen LogP contribution is 2.24. The van der Waals surface area contributed by atoms with Gasteiger partial charge < -0.3 is 15.4 Å². The van der Waals surface area contributed by atoms with Gasteiger partial charge in [-0.2, -0.15) is 4.31 Å². The first-order valence-electron chi connectivity index (χ1n) is 11.6. The number of amides is 2. The molecule has 13 heteroatoms. The van der Waals surface area contributed by atoms with Crippen molar-refractivity contribution in [3.63, 3.8) is 0 Å². The van der Waals surface area contributed by atoms with E-state index >= 15 is 0 Å². The smallest absolute Gasteiger partial charge is 0.253 e. The van der Waals surface area contributed by atoms with E-state index < -0.39 is 38.0 Å². The van der Waals surface area contributed by atoms with Crippen LogP contribution in [0.2, 0.25) is 0 Å². The second kappa shape index (κ2) is 11.2. The molecule has 1 heterocycles. The molecule has 0 radical (unpaired) electrons. The summed E-state index contributed by atoms with van der Waals surface area (Å²) in [5.74, 6) is -1.06. The summed E-state index contributed by atoms with van der Waals surface area (Å²) >= 11 is 0. The number of hydrogen-bond donors (Lipinski definition) is 2. The van der Waals surface area contributed by atoms with Crippen LogP contribution in [-0.2, 0) is 29.6 Å². The number of carbonyl (C=O) groups is 2. The number of rotatable bonds is 8. The van der Waals surface area contributed by atoms with E-state index in [9.17, 15) is 26.4 Å². The molecule has 11 nitrogen and oxygen atoms in total. The summed E-state index contributed by atoms with van der Waals surface area (Å²) in [5.41, 5.74) is 0.0873. The molecule has 1 aliphatic heterocycles. The summed E-state index contributed by atoms with van der Waals surface area (Å²) in [7, 11) is -7.67. The molecule has 37 heavy (non-hydrogen) atoms. The van der Waals surface area contributed by atoms with Gasteiger partial charge in [0.05, 0.1) is 41.3 Å². The molecule has 1 fully saturated rings. The minimum absolute atomic E-state index is 0.00911. The SMILES string of the molecule is CC(C)(C)NC(=O)c1ccccc1NC(=O)CN(c1ccc(S(=O)(=O)N2CCOCC2)cc1)S(C)(=O)=O. The molecule has 0 unspecified atom stereocenters. The van der Waals surface area contributed by atoms with Gasteiger partial charge in [-0.25, -0.2) is 16.8 Å². The lowest BCUT2D eigenvalue weighted by atomic mass is 10.1. The summed E-state index contributed by atoms with van der Waals surface area (Å²) in [6.45, 7) is 5.97. The Kier molecular flexibility index (Phi) is 8.63. The van der Waals surface area contributed by atoms with Gasteiger partial charge >= 0.3 is 0 Å². The average molecular weight is 553 g/mol. The average Bonchev–Trinajstić information content (AvgIpc) is 2.82. The topological polar surface area (TPSA) is 142 Å². The third-order valence-corrected chi connectivity index (χ3v) is 8.41. The van der Waals surface area contributed by atoms with Crippen molar-refractivity contribution < 1.29 is 31.2 Å². The van der Waals surface area contributed by atoms with E-state index in [2.05, 4.69) is 10.6 Å². The second-order valence-corrected chi connectivity index (χ2v) is 13.4. The fraction of sp³-hybridized carbons (Fsp3) is 0.417. The van der Waals surface area contributed by atoms with Crippen LogP contribution in [0.4, 0.5) is 11.4 Å². The zero-order valence-corrected chi connectivity index (χ0v) is 22.9. The van der Waals surface area contributed by atoms with Crippen molar-refractivity contribution in [1.82, 2.24) is 9.62 Å². The number of morpholine rings is 1. The highest BCUT2D eigenvalue weighted by Gasteiger charge is 2.28. The summed E-state index contributed by atoms with van der Waals surface area (Å²) < 4.78 is 58.1. The van der Waals surface area contributed by atoms with Crippen molar-refractivity contribution in [2.75, 3.05) is 48.7 Å². The van der Waals surface area contributed by atoms with Gasteiger partial charge in [0.25, 0.3) is 5.91 Å². The molecule has 1 saturated heterocycles. The van der Waals surface area contributed by atoms with Gasteiger partial charge in [0.15, 0.2) is 0 Å². The fourth-order valence-corrected chi connectivity index (χ4v) is 5.90. The summed E-state index contributed by atoms with van der Waals surface area (Å²) in [6, 6.07) is 11.7. The monoisotopic (exact) mass is 552 g/mol. The number of nitrogens with one attached hydrogen (secondary N) is 2. The maximum absolute atomic E-state index is 12.9. The number of para-hydroxylation sites is 1. The Morgan fingerprint density at radius 1 is 0.973 bits per heavy atom. The van der Waals surface area contributed by atoms with Crippen LogP contribution in [0.1, 0.15) is 31.1 Å². The van der Waals surface area contributed by atoms with E-state index in [0.717, 1.165) is 10.6 Å². The number of hydrogen-bond acceptors (Lipinski definition) is 7. The van der Waals surface area contributed by atoms with Crippen molar-refractivity contribution in [1.29, 1.82) is 0 Å². The standard InChI is InChI=1S/C24H32N4O7S2/c1-24(2,3)26-23(30)20-7-5-6-8-21(20)25-22(29)17-28(36(4,31)32)18-9-11-19(12-10-18)37(33,34)27-13-15-35-16-14-27/h5-12H,13-17H2,1-4H3,(H,25,29)(H,26,30). The first kappa shape index (κ1) is 28.6. The Bertz CT molecular complexity index is 1350. The quantitative estimate of drug-likeness (QED) is 0.507. The van der Waals surface area contributed by atoms with E-state index in [0.29, 0.717) is 13.2 Å². The predicted octanol–water partition coefficient (Wildman–Crippen LogP) is 1.64. The highest BCUT2D eigenvalue weighted by atomic mass is 32.2. The van der Waals surface area contributed by atoms with Crippen LogP contribution in [0.25, 0.3) is 0 Å². The third kappa shape index (κ3) is 7.51. The van der Waals surface area contributed by atoms with Gasteiger partial charge in [0.2, 0.25) is 26.0 Å². The number of benzene rings is 2. The summed E-state index contributed by atoms with van der Waals surface area (Å²) in [6.07, 6.45) is 0.948. The van der Waals surface area contributed by atoms with Crippen LogP contribution in [0.15, 0.2) is 53.4 Å². The molecule has 0 saturated carbocycles. The number of ether oxygens (including phenoxy) is 1. The first-order valence-corrected chi connectivity index (χ1v) is 14.8. The molecule has 2 aromatic carbocycles. The summed E-state index contributed by atoms with van der Waals surface area (Å²) in [4.78, 5) is 25.5. The van der Waals surface area contributed by atoms with Crippen LogP contribution in [0, 0.1) is 0 Å². The zero-order chi connectivity index (χ0) is 27.4. The maximum atomic E-state index is 12.9. The minimum Gasteiger partial charge on any atom is -0.379 e. The Morgan fingerprint density at radius 2 is 1.57 bits per heavy atom. The molecule has 0 atom stereocenters. The van der Waals surface area contributed by atoms with Gasteiger partial charge in [-0.05, 0) is 57.2 Å². The van der Waals surface area contributed by atoms with Crippen LogP contribution >= 0.6 is 0 Å². The van der Waals surface area contributed by atoms with E-state index in [1.165, 1.54) is 28.6 Å².